The van der Waals surface area contributed by atoms with Crippen molar-refractivity contribution < 1.29 is 42.2 Å². The van der Waals surface area contributed by atoms with Crippen molar-refractivity contribution >= 4 is 23.7 Å². The first-order valence-corrected chi connectivity index (χ1v) is 11.6. The summed E-state index contributed by atoms with van der Waals surface area (Å²) in [5, 5.41) is 17.6. The summed E-state index contributed by atoms with van der Waals surface area (Å²) >= 11 is 0. The lowest BCUT2D eigenvalue weighted by Gasteiger charge is -2.31. The van der Waals surface area contributed by atoms with Gasteiger partial charge in [-0.15, -0.1) is 0 Å². The minimum atomic E-state index is -3.65. The molecule has 2 rings (SSSR count). The van der Waals surface area contributed by atoms with Crippen LogP contribution in [0, 0.1) is 11.8 Å². The molecule has 4 N–H and O–H groups in total. The van der Waals surface area contributed by atoms with Gasteiger partial charge in [-0.1, -0.05) is 44.2 Å². The van der Waals surface area contributed by atoms with E-state index in [1.54, 1.807) is 13.8 Å². The maximum atomic E-state index is 15.1. The van der Waals surface area contributed by atoms with Gasteiger partial charge in [0.2, 0.25) is 18.0 Å². The summed E-state index contributed by atoms with van der Waals surface area (Å²) in [4.78, 5) is 49.8. The molecule has 1 heterocycles. The highest BCUT2D eigenvalue weighted by atomic mass is 19.3. The summed E-state index contributed by atoms with van der Waals surface area (Å²) in [7, 11) is 1.10. The van der Waals surface area contributed by atoms with Crippen molar-refractivity contribution in [2.24, 2.45) is 11.8 Å². The van der Waals surface area contributed by atoms with Crippen molar-refractivity contribution in [2.45, 2.75) is 63.4 Å². The molecule has 3 amide bonds. The number of rotatable bonds is 12. The van der Waals surface area contributed by atoms with Crippen LogP contribution in [0.3, 0.4) is 0 Å². The number of amides is 3. The number of halogens is 3. The summed E-state index contributed by atoms with van der Waals surface area (Å²) in [5.74, 6) is -4.37. The largest absolute Gasteiger partial charge is 0.467 e. The lowest BCUT2D eigenvalue weighted by Crippen LogP contribution is -2.57. The molecule has 36 heavy (non-hydrogen) atoms. The fraction of sp³-hybridized carbons (Fsp3) is 0.583. The molecule has 1 aliphatic rings. The van der Waals surface area contributed by atoms with E-state index in [9.17, 15) is 33.1 Å². The normalized spacial score (nSPS) is 19.7. The van der Waals surface area contributed by atoms with E-state index in [0.29, 0.717) is 13.0 Å². The highest BCUT2D eigenvalue weighted by Crippen LogP contribution is 2.34. The molecule has 200 valence electrons. The van der Waals surface area contributed by atoms with Crippen molar-refractivity contribution in [1.82, 2.24) is 16.0 Å². The highest BCUT2D eigenvalue weighted by Gasteiger charge is 2.52. The van der Waals surface area contributed by atoms with Gasteiger partial charge in [-0.05, 0) is 30.7 Å². The third kappa shape index (κ3) is 6.96. The SMILES string of the molecule is COC(=O)[C@H](CC1CCNC1=O)NC(=O)[C@H](CC(C)C)NC(=O)C(F)C(O)(c1ccccc1)C(F)F. The Labute approximate surface area is 207 Å². The maximum absolute atomic E-state index is 15.1. The van der Waals surface area contributed by atoms with Gasteiger partial charge >= 0.3 is 5.97 Å². The molecule has 0 spiro atoms. The highest BCUT2D eigenvalue weighted by molar-refractivity contribution is 5.92. The molecule has 0 bridgehead atoms. The third-order valence-corrected chi connectivity index (χ3v) is 6.01. The van der Waals surface area contributed by atoms with Crippen LogP contribution in [0.15, 0.2) is 30.3 Å². The van der Waals surface area contributed by atoms with Crippen LogP contribution in [0.5, 0.6) is 0 Å². The number of alkyl halides is 3. The average molecular weight is 516 g/mol. The van der Waals surface area contributed by atoms with E-state index in [4.69, 9.17) is 4.74 Å². The van der Waals surface area contributed by atoms with Crippen LogP contribution < -0.4 is 16.0 Å². The zero-order chi connectivity index (χ0) is 27.0. The lowest BCUT2D eigenvalue weighted by molar-refractivity contribution is -0.165. The first-order chi connectivity index (χ1) is 16.9. The standard InChI is InChI=1S/C24H32F3N3O6/c1-13(2)11-16(20(32)30-17(22(34)36-3)12-14-9-10-28-19(14)31)29-21(33)18(25)24(35,23(26)27)15-7-5-4-6-8-15/h4-8,13-14,16-18,23,35H,9-12H2,1-3H3,(H,28,31)(H,29,33)(H,30,32)/t14?,16-,17-,18?,24?/m0/s1. The van der Waals surface area contributed by atoms with Gasteiger partial charge in [0.25, 0.3) is 12.3 Å². The van der Waals surface area contributed by atoms with Crippen molar-refractivity contribution in [3.63, 3.8) is 0 Å². The molecule has 0 aromatic heterocycles. The van der Waals surface area contributed by atoms with E-state index in [1.807, 2.05) is 0 Å². The van der Waals surface area contributed by atoms with E-state index in [2.05, 4.69) is 16.0 Å². The third-order valence-electron chi connectivity index (χ3n) is 6.01. The number of benzene rings is 1. The molecular weight excluding hydrogens is 483 g/mol. The Morgan fingerprint density at radius 1 is 1.11 bits per heavy atom. The number of hydrogen-bond donors (Lipinski definition) is 4. The van der Waals surface area contributed by atoms with Gasteiger partial charge in [0.05, 0.1) is 7.11 Å². The molecule has 0 radical (unpaired) electrons. The van der Waals surface area contributed by atoms with E-state index in [0.717, 1.165) is 19.2 Å². The molecule has 5 atom stereocenters. The minimum Gasteiger partial charge on any atom is -0.467 e. The van der Waals surface area contributed by atoms with Crippen LogP contribution in [0.1, 0.15) is 38.7 Å². The molecule has 1 aliphatic heterocycles. The Balaban J connectivity index is 2.22. The van der Waals surface area contributed by atoms with Crippen molar-refractivity contribution in [3.8, 4) is 0 Å². The van der Waals surface area contributed by atoms with Gasteiger partial charge in [-0.25, -0.2) is 18.0 Å². The number of carbonyl (C=O) groups excluding carboxylic acids is 4. The van der Waals surface area contributed by atoms with E-state index < -0.39 is 59.5 Å². The fourth-order valence-corrected chi connectivity index (χ4v) is 4.02. The van der Waals surface area contributed by atoms with Crippen LogP contribution in [0.4, 0.5) is 13.2 Å². The Morgan fingerprint density at radius 3 is 2.22 bits per heavy atom. The van der Waals surface area contributed by atoms with Crippen molar-refractivity contribution in [2.75, 3.05) is 13.7 Å². The Bertz CT molecular complexity index is 933. The first-order valence-electron chi connectivity index (χ1n) is 11.6. The molecule has 3 unspecified atom stereocenters. The first kappa shape index (κ1) is 29.1. The topological polar surface area (TPSA) is 134 Å². The molecule has 1 saturated heterocycles. The quantitative estimate of drug-likeness (QED) is 0.309. The van der Waals surface area contributed by atoms with Crippen molar-refractivity contribution in [1.29, 1.82) is 0 Å². The molecule has 12 heteroatoms. The van der Waals surface area contributed by atoms with Gasteiger partial charge in [-0.3, -0.25) is 14.4 Å². The molecule has 0 aliphatic carbocycles. The second-order valence-electron chi connectivity index (χ2n) is 9.14. The molecule has 1 aromatic rings. The van der Waals surface area contributed by atoms with Gasteiger partial charge < -0.3 is 25.8 Å². The van der Waals surface area contributed by atoms with Crippen molar-refractivity contribution in [3.05, 3.63) is 35.9 Å². The maximum Gasteiger partial charge on any atom is 0.328 e. The Hall–Kier alpha value is -3.15. The van der Waals surface area contributed by atoms with Gasteiger partial charge in [0, 0.05) is 12.5 Å². The predicted octanol–water partition coefficient (Wildman–Crippen LogP) is 1.19. The Morgan fingerprint density at radius 2 is 1.72 bits per heavy atom. The van der Waals surface area contributed by atoms with E-state index in [1.165, 1.54) is 18.2 Å². The Kier molecular flexibility index (Phi) is 10.3. The van der Waals surface area contributed by atoms with Crippen LogP contribution >= 0.6 is 0 Å². The van der Waals surface area contributed by atoms with Gasteiger partial charge in [0.15, 0.2) is 5.60 Å². The molecular formula is C24H32F3N3O6. The molecule has 1 fully saturated rings. The number of methoxy groups -OCH3 is 1. The van der Waals surface area contributed by atoms with Gasteiger partial charge in [0.1, 0.15) is 12.1 Å². The minimum absolute atomic E-state index is 0.0272. The lowest BCUT2D eigenvalue weighted by atomic mass is 9.88. The summed E-state index contributed by atoms with van der Waals surface area (Å²) in [5.41, 5.74) is -3.96. The summed E-state index contributed by atoms with van der Waals surface area (Å²) in [6.07, 6.45) is -6.40. The number of hydrogen-bond acceptors (Lipinski definition) is 6. The number of esters is 1. The van der Waals surface area contributed by atoms with Gasteiger partial charge in [-0.2, -0.15) is 0 Å². The smallest absolute Gasteiger partial charge is 0.328 e. The summed E-state index contributed by atoms with van der Waals surface area (Å²) in [6, 6.07) is 3.55. The molecule has 9 nitrogen and oxygen atoms in total. The second-order valence-corrected chi connectivity index (χ2v) is 9.14. The number of nitrogens with one attached hydrogen (secondary N) is 3. The van der Waals surface area contributed by atoms with E-state index >= 15 is 4.39 Å². The molecule has 0 saturated carbocycles. The predicted molar refractivity (Wildman–Crippen MR) is 122 cm³/mol. The van der Waals surface area contributed by atoms with Crippen LogP contribution in [-0.2, 0) is 29.5 Å². The van der Waals surface area contributed by atoms with E-state index in [-0.39, 0.29) is 24.7 Å². The summed E-state index contributed by atoms with van der Waals surface area (Å²) in [6.45, 7) is 3.84. The zero-order valence-electron chi connectivity index (χ0n) is 20.3. The number of carbonyl (C=O) groups is 4. The monoisotopic (exact) mass is 515 g/mol. The number of aliphatic hydroxyl groups is 1. The average Bonchev–Trinajstić information content (AvgIpc) is 3.25. The zero-order valence-corrected chi connectivity index (χ0v) is 20.3. The number of ether oxygens (including phenoxy) is 1. The summed E-state index contributed by atoms with van der Waals surface area (Å²) < 4.78 is 47.4. The second kappa shape index (κ2) is 12.7. The van der Waals surface area contributed by atoms with Crippen LogP contribution in [-0.4, -0.2) is 67.1 Å². The molecule has 1 aromatic carbocycles. The fourth-order valence-electron chi connectivity index (χ4n) is 4.02. The van der Waals surface area contributed by atoms with Crippen LogP contribution in [0.25, 0.3) is 0 Å². The van der Waals surface area contributed by atoms with Crippen LogP contribution in [0.2, 0.25) is 0 Å².